The van der Waals surface area contributed by atoms with Crippen LogP contribution in [0.5, 0.6) is 0 Å². The predicted molar refractivity (Wildman–Crippen MR) is 145 cm³/mol. The van der Waals surface area contributed by atoms with Crippen molar-refractivity contribution < 1.29 is 48.7 Å². The van der Waals surface area contributed by atoms with Gasteiger partial charge in [-0.3, -0.25) is 14.4 Å². The Morgan fingerprint density at radius 2 is 1.68 bits per heavy atom. The van der Waals surface area contributed by atoms with Gasteiger partial charge in [-0.15, -0.1) is 0 Å². The summed E-state index contributed by atoms with van der Waals surface area (Å²) < 4.78 is 24.3. The first-order chi connectivity index (χ1) is 18.6. The Balaban J connectivity index is 2.25. The van der Waals surface area contributed by atoms with Gasteiger partial charge in [-0.25, -0.2) is 0 Å². The van der Waals surface area contributed by atoms with Crippen molar-refractivity contribution in [3.63, 3.8) is 0 Å². The average molecular weight is 569 g/mol. The SMILES string of the molecule is C=C1CC2OC(C3C(C(C)C)C(OC(=O)CCC)C(OC(C)=O)C(C)(O)C23)C(C)(OC(=O)CCC)C(O)CC1O. The standard InChI is InChI=1S/C30H48O10/c1-9-11-21(34)39-26-23(15(3)4)24-25(29(7,36)28(26)37-17(6)31)19-13-16(5)18(32)14-20(33)30(8,27(24)38-19)40-22(35)12-10-2/h15,18-20,23-28,32-33,36H,5,9-14H2,1-4,6-8H3. The molecular weight excluding hydrogens is 520 g/mol. The molecule has 0 aromatic carbocycles. The summed E-state index contributed by atoms with van der Waals surface area (Å²) in [7, 11) is 0. The summed E-state index contributed by atoms with van der Waals surface area (Å²) in [6.45, 7) is 16.0. The van der Waals surface area contributed by atoms with Gasteiger partial charge in [-0.2, -0.15) is 0 Å². The zero-order valence-corrected chi connectivity index (χ0v) is 24.9. The molecule has 3 aliphatic rings. The van der Waals surface area contributed by atoms with Crippen molar-refractivity contribution in [1.29, 1.82) is 0 Å². The van der Waals surface area contributed by atoms with Crippen LogP contribution in [0.3, 0.4) is 0 Å². The molecule has 10 nitrogen and oxygen atoms in total. The number of aliphatic hydroxyl groups excluding tert-OH is 2. The van der Waals surface area contributed by atoms with Gasteiger partial charge < -0.3 is 34.3 Å². The van der Waals surface area contributed by atoms with E-state index in [1.807, 2.05) is 27.7 Å². The van der Waals surface area contributed by atoms with E-state index in [0.29, 0.717) is 18.4 Å². The predicted octanol–water partition coefficient (Wildman–Crippen LogP) is 2.84. The van der Waals surface area contributed by atoms with Crippen molar-refractivity contribution in [3.05, 3.63) is 12.2 Å². The molecular formula is C30H48O10. The molecule has 1 aliphatic carbocycles. The highest BCUT2D eigenvalue weighted by Gasteiger charge is 2.70. The lowest BCUT2D eigenvalue weighted by Crippen LogP contribution is -2.69. The molecule has 11 atom stereocenters. The second kappa shape index (κ2) is 12.5. The van der Waals surface area contributed by atoms with Crippen LogP contribution in [0.2, 0.25) is 0 Å². The first-order valence-electron chi connectivity index (χ1n) is 14.6. The molecule has 0 radical (unpaired) electrons. The second-order valence-electron chi connectivity index (χ2n) is 12.5. The largest absolute Gasteiger partial charge is 0.458 e. The number of rotatable bonds is 8. The highest BCUT2D eigenvalue weighted by atomic mass is 16.6. The summed E-state index contributed by atoms with van der Waals surface area (Å²) in [5.41, 5.74) is -2.95. The topological polar surface area (TPSA) is 149 Å². The highest BCUT2D eigenvalue weighted by Crippen LogP contribution is 2.58. The van der Waals surface area contributed by atoms with E-state index in [9.17, 15) is 29.7 Å². The first kappa shape index (κ1) is 32.5. The quantitative estimate of drug-likeness (QED) is 0.227. The molecule has 2 bridgehead atoms. The molecule has 1 saturated carbocycles. The van der Waals surface area contributed by atoms with Crippen LogP contribution in [-0.2, 0) is 33.3 Å². The van der Waals surface area contributed by atoms with E-state index in [0.717, 1.165) is 0 Å². The molecule has 11 unspecified atom stereocenters. The molecule has 40 heavy (non-hydrogen) atoms. The number of fused-ring (bicyclic) bond motifs is 5. The molecule has 3 fully saturated rings. The van der Waals surface area contributed by atoms with Gasteiger partial charge in [0.15, 0.2) is 11.7 Å². The Kier molecular flexibility index (Phi) is 10.1. The third-order valence-corrected chi connectivity index (χ3v) is 9.04. The number of carbonyl (C=O) groups excluding carboxylic acids is 3. The third kappa shape index (κ3) is 6.10. The van der Waals surface area contributed by atoms with Crippen molar-refractivity contribution in [2.45, 2.75) is 135 Å². The van der Waals surface area contributed by atoms with Gasteiger partial charge in [-0.05, 0) is 44.6 Å². The molecule has 2 aliphatic heterocycles. The minimum absolute atomic E-state index is 0.119. The van der Waals surface area contributed by atoms with Gasteiger partial charge >= 0.3 is 17.9 Å². The summed E-state index contributed by atoms with van der Waals surface area (Å²) in [6.07, 6.45) is -4.89. The van der Waals surface area contributed by atoms with E-state index in [4.69, 9.17) is 18.9 Å². The Bertz CT molecular complexity index is 960. The summed E-state index contributed by atoms with van der Waals surface area (Å²) in [4.78, 5) is 38.0. The number of carbonyl (C=O) groups is 3. The average Bonchev–Trinajstić information content (AvgIpc) is 3.21. The maximum Gasteiger partial charge on any atom is 0.306 e. The normalized spacial score (nSPS) is 41.4. The van der Waals surface area contributed by atoms with Gasteiger partial charge in [-0.1, -0.05) is 34.3 Å². The molecule has 2 heterocycles. The van der Waals surface area contributed by atoms with Crippen LogP contribution in [-0.4, -0.2) is 81.1 Å². The summed E-state index contributed by atoms with van der Waals surface area (Å²) in [5.74, 6) is -3.57. The van der Waals surface area contributed by atoms with Crippen LogP contribution < -0.4 is 0 Å². The number of hydrogen-bond acceptors (Lipinski definition) is 10. The van der Waals surface area contributed by atoms with Crippen molar-refractivity contribution >= 4 is 17.9 Å². The fourth-order valence-electron chi connectivity index (χ4n) is 7.21. The molecule has 0 aromatic rings. The highest BCUT2D eigenvalue weighted by molar-refractivity contribution is 5.70. The van der Waals surface area contributed by atoms with Crippen LogP contribution in [0.15, 0.2) is 12.2 Å². The molecule has 0 spiro atoms. The van der Waals surface area contributed by atoms with Crippen LogP contribution in [0, 0.1) is 23.7 Å². The van der Waals surface area contributed by atoms with Gasteiger partial charge in [0, 0.05) is 43.9 Å². The molecule has 228 valence electrons. The lowest BCUT2D eigenvalue weighted by atomic mass is 9.55. The van der Waals surface area contributed by atoms with E-state index in [1.54, 1.807) is 6.92 Å². The van der Waals surface area contributed by atoms with Gasteiger partial charge in [0.25, 0.3) is 0 Å². The van der Waals surface area contributed by atoms with Crippen LogP contribution in [0.4, 0.5) is 0 Å². The van der Waals surface area contributed by atoms with E-state index < -0.39 is 83.5 Å². The van der Waals surface area contributed by atoms with Crippen LogP contribution >= 0.6 is 0 Å². The van der Waals surface area contributed by atoms with Gasteiger partial charge in [0.1, 0.15) is 17.8 Å². The van der Waals surface area contributed by atoms with Crippen molar-refractivity contribution in [3.8, 4) is 0 Å². The maximum absolute atomic E-state index is 12.9. The maximum atomic E-state index is 12.9. The Morgan fingerprint density at radius 3 is 2.23 bits per heavy atom. The smallest absolute Gasteiger partial charge is 0.306 e. The van der Waals surface area contributed by atoms with Crippen LogP contribution in [0.25, 0.3) is 0 Å². The number of hydrogen-bond donors (Lipinski definition) is 3. The van der Waals surface area contributed by atoms with Crippen molar-refractivity contribution in [1.82, 2.24) is 0 Å². The molecule has 3 rings (SSSR count). The Morgan fingerprint density at radius 1 is 1.07 bits per heavy atom. The number of aliphatic hydroxyl groups is 3. The third-order valence-electron chi connectivity index (χ3n) is 9.04. The second-order valence-corrected chi connectivity index (χ2v) is 12.5. The van der Waals surface area contributed by atoms with E-state index in [-0.39, 0.29) is 31.6 Å². The lowest BCUT2D eigenvalue weighted by Gasteiger charge is -2.55. The van der Waals surface area contributed by atoms with Gasteiger partial charge in [0.2, 0.25) is 0 Å². The van der Waals surface area contributed by atoms with Crippen molar-refractivity contribution in [2.75, 3.05) is 0 Å². The number of ether oxygens (including phenoxy) is 4. The molecule has 10 heteroatoms. The zero-order valence-electron chi connectivity index (χ0n) is 24.9. The fourth-order valence-corrected chi connectivity index (χ4v) is 7.21. The van der Waals surface area contributed by atoms with Crippen molar-refractivity contribution in [2.24, 2.45) is 23.7 Å². The lowest BCUT2D eigenvalue weighted by molar-refractivity contribution is -0.244. The minimum Gasteiger partial charge on any atom is -0.458 e. The molecule has 0 amide bonds. The molecule has 2 saturated heterocycles. The van der Waals surface area contributed by atoms with E-state index in [1.165, 1.54) is 13.8 Å². The molecule has 3 N–H and O–H groups in total. The Labute approximate surface area is 237 Å². The van der Waals surface area contributed by atoms with E-state index >= 15 is 0 Å². The number of esters is 3. The summed E-state index contributed by atoms with van der Waals surface area (Å²) in [6, 6.07) is 0. The first-order valence-corrected chi connectivity index (χ1v) is 14.6. The Hall–Kier alpha value is -2.01. The van der Waals surface area contributed by atoms with E-state index in [2.05, 4.69) is 6.58 Å². The zero-order chi connectivity index (χ0) is 30.2. The minimum atomic E-state index is -1.75. The monoisotopic (exact) mass is 568 g/mol. The summed E-state index contributed by atoms with van der Waals surface area (Å²) >= 11 is 0. The molecule has 0 aromatic heterocycles. The summed E-state index contributed by atoms with van der Waals surface area (Å²) in [5, 5.41) is 34.6. The van der Waals surface area contributed by atoms with Crippen LogP contribution in [0.1, 0.15) is 87.0 Å². The van der Waals surface area contributed by atoms with Gasteiger partial charge in [0.05, 0.1) is 18.3 Å². The fraction of sp³-hybridized carbons (Fsp3) is 0.833.